The van der Waals surface area contributed by atoms with Crippen molar-refractivity contribution in [2.24, 2.45) is 0 Å². The Bertz CT molecular complexity index is 866. The minimum Gasteiger partial charge on any atom is -0.330 e. The van der Waals surface area contributed by atoms with Gasteiger partial charge < -0.3 is 4.90 Å². The molecule has 0 N–H and O–H groups in total. The lowest BCUT2D eigenvalue weighted by Crippen LogP contribution is -2.40. The quantitative estimate of drug-likeness (QED) is 0.816. The zero-order chi connectivity index (χ0) is 18.0. The smallest absolute Gasteiger partial charge is 0.254 e. The first-order valence-corrected chi connectivity index (χ1v) is 10.1. The predicted octanol–water partition coefficient (Wildman–Crippen LogP) is 3.31. The molecule has 1 amide bonds. The van der Waals surface area contributed by atoms with Crippen LogP contribution in [0.3, 0.4) is 0 Å². The number of carbonyl (C=O) groups excluding carboxylic acids is 1. The number of carbonyl (C=O) groups is 1. The fourth-order valence-corrected chi connectivity index (χ4v) is 4.79. The largest absolute Gasteiger partial charge is 0.330 e. The van der Waals surface area contributed by atoms with E-state index in [0.717, 1.165) is 5.56 Å². The maximum absolute atomic E-state index is 13.1. The van der Waals surface area contributed by atoms with E-state index in [0.29, 0.717) is 17.0 Å². The van der Waals surface area contributed by atoms with E-state index in [9.17, 15) is 17.6 Å². The molecular weight excluding hydrogens is 365 g/mol. The number of amides is 1. The molecule has 1 aliphatic heterocycles. The minimum absolute atomic E-state index is 0.0481. The van der Waals surface area contributed by atoms with Gasteiger partial charge in [-0.15, -0.1) is 0 Å². The third kappa shape index (κ3) is 4.38. The van der Waals surface area contributed by atoms with Crippen molar-refractivity contribution >= 4 is 27.3 Å². The highest BCUT2D eigenvalue weighted by Gasteiger charge is 2.35. The van der Waals surface area contributed by atoms with Gasteiger partial charge in [0.15, 0.2) is 9.84 Å². The van der Waals surface area contributed by atoms with Gasteiger partial charge in [0.05, 0.1) is 11.5 Å². The number of halogens is 2. The van der Waals surface area contributed by atoms with Crippen LogP contribution in [0, 0.1) is 5.82 Å². The summed E-state index contributed by atoms with van der Waals surface area (Å²) in [7, 11) is -3.14. The highest BCUT2D eigenvalue weighted by Crippen LogP contribution is 2.23. The lowest BCUT2D eigenvalue weighted by Gasteiger charge is -2.28. The Morgan fingerprint density at radius 3 is 2.32 bits per heavy atom. The second-order valence-corrected chi connectivity index (χ2v) is 8.79. The molecule has 25 heavy (non-hydrogen) atoms. The van der Waals surface area contributed by atoms with E-state index < -0.39 is 21.7 Å². The summed E-state index contributed by atoms with van der Waals surface area (Å²) in [6.07, 6.45) is 0.406. The van der Waals surface area contributed by atoms with Crippen molar-refractivity contribution in [2.75, 3.05) is 11.5 Å². The monoisotopic (exact) mass is 381 g/mol. The van der Waals surface area contributed by atoms with Gasteiger partial charge in [0.1, 0.15) is 5.82 Å². The van der Waals surface area contributed by atoms with E-state index >= 15 is 0 Å². The Kier molecular flexibility index (Phi) is 5.11. The molecule has 0 saturated carbocycles. The van der Waals surface area contributed by atoms with Gasteiger partial charge in [-0.2, -0.15) is 0 Å². The highest BCUT2D eigenvalue weighted by atomic mass is 35.5. The molecule has 2 aromatic rings. The molecule has 3 rings (SSSR count). The first-order chi connectivity index (χ1) is 11.8. The van der Waals surface area contributed by atoms with E-state index in [1.165, 1.54) is 24.3 Å². The van der Waals surface area contributed by atoms with Crippen LogP contribution in [0.5, 0.6) is 0 Å². The molecular formula is C18H17ClFNO3S. The molecule has 1 aliphatic rings. The fraction of sp³-hybridized carbons (Fsp3) is 0.278. The van der Waals surface area contributed by atoms with Gasteiger partial charge >= 0.3 is 0 Å². The number of sulfone groups is 1. The Morgan fingerprint density at radius 1 is 1.12 bits per heavy atom. The number of benzene rings is 2. The summed E-state index contributed by atoms with van der Waals surface area (Å²) >= 11 is 5.89. The molecule has 0 aromatic heterocycles. The van der Waals surface area contributed by atoms with Gasteiger partial charge in [-0.1, -0.05) is 23.7 Å². The van der Waals surface area contributed by atoms with Crippen LogP contribution in [-0.2, 0) is 16.4 Å². The van der Waals surface area contributed by atoms with Crippen molar-refractivity contribution in [1.82, 2.24) is 4.90 Å². The van der Waals surface area contributed by atoms with Gasteiger partial charge in [-0.3, -0.25) is 4.79 Å². The summed E-state index contributed by atoms with van der Waals surface area (Å²) in [4.78, 5) is 14.5. The van der Waals surface area contributed by atoms with Crippen LogP contribution < -0.4 is 0 Å². The summed E-state index contributed by atoms with van der Waals surface area (Å²) in [6.45, 7) is 0.271. The van der Waals surface area contributed by atoms with Crippen LogP contribution in [0.1, 0.15) is 22.3 Å². The molecule has 1 atom stereocenters. The average Bonchev–Trinajstić information content (AvgIpc) is 2.94. The summed E-state index contributed by atoms with van der Waals surface area (Å²) in [5, 5.41) is 0.587. The Morgan fingerprint density at radius 2 is 1.76 bits per heavy atom. The average molecular weight is 382 g/mol. The van der Waals surface area contributed by atoms with Crippen LogP contribution in [0.15, 0.2) is 48.5 Å². The van der Waals surface area contributed by atoms with Crippen LogP contribution >= 0.6 is 11.6 Å². The molecule has 1 heterocycles. The van der Waals surface area contributed by atoms with Gasteiger partial charge in [-0.05, 0) is 48.4 Å². The molecule has 0 bridgehead atoms. The molecule has 1 saturated heterocycles. The lowest BCUT2D eigenvalue weighted by atomic mass is 10.1. The lowest BCUT2D eigenvalue weighted by molar-refractivity contribution is 0.0681. The maximum Gasteiger partial charge on any atom is 0.254 e. The van der Waals surface area contributed by atoms with Crippen molar-refractivity contribution in [3.8, 4) is 0 Å². The molecule has 1 fully saturated rings. The number of rotatable bonds is 4. The highest BCUT2D eigenvalue weighted by molar-refractivity contribution is 7.91. The Balaban J connectivity index is 1.89. The number of nitrogens with zero attached hydrogens (tertiary/aromatic N) is 1. The summed E-state index contributed by atoms with van der Waals surface area (Å²) in [5.74, 6) is -0.708. The molecule has 132 valence electrons. The molecule has 0 spiro atoms. The third-order valence-electron chi connectivity index (χ3n) is 4.27. The molecule has 0 aliphatic carbocycles. The molecule has 4 nitrogen and oxygen atoms in total. The molecule has 0 unspecified atom stereocenters. The molecule has 7 heteroatoms. The second-order valence-electron chi connectivity index (χ2n) is 6.12. The molecule has 2 aromatic carbocycles. The van der Waals surface area contributed by atoms with Gasteiger partial charge in [0.25, 0.3) is 5.91 Å². The van der Waals surface area contributed by atoms with Gasteiger partial charge in [0.2, 0.25) is 0 Å². The number of hydrogen-bond donors (Lipinski definition) is 0. The van der Waals surface area contributed by atoms with Gasteiger partial charge in [-0.25, -0.2) is 12.8 Å². The normalized spacial score (nSPS) is 18.9. The zero-order valence-electron chi connectivity index (χ0n) is 13.4. The fourth-order valence-electron chi connectivity index (χ4n) is 2.93. The van der Waals surface area contributed by atoms with Crippen molar-refractivity contribution in [3.05, 3.63) is 70.5 Å². The summed E-state index contributed by atoms with van der Waals surface area (Å²) < 4.78 is 36.8. The van der Waals surface area contributed by atoms with E-state index in [-0.39, 0.29) is 24.0 Å². The molecule has 0 radical (unpaired) electrons. The predicted molar refractivity (Wildman–Crippen MR) is 94.8 cm³/mol. The van der Waals surface area contributed by atoms with Crippen LogP contribution in [0.2, 0.25) is 5.02 Å². The SMILES string of the molecule is O=C(c1ccc(F)cc1)N(Cc1ccc(Cl)cc1)[C@H]1CCS(=O)(=O)C1. The number of hydrogen-bond acceptors (Lipinski definition) is 3. The summed E-state index contributed by atoms with van der Waals surface area (Å²) in [5.41, 5.74) is 1.18. The van der Waals surface area contributed by atoms with E-state index in [1.54, 1.807) is 29.2 Å². The summed E-state index contributed by atoms with van der Waals surface area (Å²) in [6, 6.07) is 11.9. The van der Waals surface area contributed by atoms with Crippen molar-refractivity contribution in [2.45, 2.75) is 19.0 Å². The topological polar surface area (TPSA) is 54.5 Å². The Hall–Kier alpha value is -1.92. The zero-order valence-corrected chi connectivity index (χ0v) is 14.9. The first-order valence-electron chi connectivity index (χ1n) is 7.85. The van der Waals surface area contributed by atoms with E-state index in [2.05, 4.69) is 0 Å². The second kappa shape index (κ2) is 7.14. The van der Waals surface area contributed by atoms with Crippen molar-refractivity contribution in [1.29, 1.82) is 0 Å². The van der Waals surface area contributed by atoms with Crippen molar-refractivity contribution < 1.29 is 17.6 Å². The maximum atomic E-state index is 13.1. The van der Waals surface area contributed by atoms with E-state index in [4.69, 9.17) is 11.6 Å². The standard InChI is InChI=1S/C18H17ClFNO3S/c19-15-5-1-13(2-6-15)11-21(17-9-10-25(23,24)12-17)18(22)14-3-7-16(20)8-4-14/h1-8,17H,9-12H2/t17-/m0/s1. The first kappa shape index (κ1) is 17.9. The van der Waals surface area contributed by atoms with Crippen LogP contribution in [0.25, 0.3) is 0 Å². The third-order valence-corrected chi connectivity index (χ3v) is 6.27. The minimum atomic E-state index is -3.14. The van der Waals surface area contributed by atoms with Crippen LogP contribution in [-0.4, -0.2) is 36.8 Å². The van der Waals surface area contributed by atoms with Crippen LogP contribution in [0.4, 0.5) is 4.39 Å². The Labute approximate surface area is 151 Å². The van der Waals surface area contributed by atoms with Crippen molar-refractivity contribution in [3.63, 3.8) is 0 Å². The van der Waals surface area contributed by atoms with E-state index in [1.807, 2.05) is 0 Å². The van der Waals surface area contributed by atoms with Gasteiger partial charge in [0, 0.05) is 23.2 Å².